The first-order valence-electron chi connectivity index (χ1n) is 6.85. The van der Waals surface area contributed by atoms with E-state index in [1.165, 1.54) is 13.1 Å². The van der Waals surface area contributed by atoms with Gasteiger partial charge < -0.3 is 5.11 Å². The molecule has 0 unspecified atom stereocenters. The lowest BCUT2D eigenvalue weighted by Crippen LogP contribution is -2.30. The van der Waals surface area contributed by atoms with Gasteiger partial charge in [-0.3, -0.25) is 14.6 Å². The molecule has 22 heavy (non-hydrogen) atoms. The van der Waals surface area contributed by atoms with E-state index in [1.54, 1.807) is 6.08 Å². The SMILES string of the molecule is C=C/C(=C\C1=C(C)N=C(C)C1(C)C)C(=O)N(C)OCC(=O)O. The number of carbonyl (C=O) groups excluding carboxylic acids is 1. The van der Waals surface area contributed by atoms with Crippen molar-refractivity contribution in [2.24, 2.45) is 10.4 Å². The van der Waals surface area contributed by atoms with E-state index >= 15 is 0 Å². The number of carboxylic acid groups (broad SMARTS) is 1. The topological polar surface area (TPSA) is 79.2 Å². The van der Waals surface area contributed by atoms with Crippen molar-refractivity contribution in [1.29, 1.82) is 0 Å². The van der Waals surface area contributed by atoms with Crippen LogP contribution in [0.4, 0.5) is 0 Å². The van der Waals surface area contributed by atoms with Crippen molar-refractivity contribution >= 4 is 17.6 Å². The van der Waals surface area contributed by atoms with Crippen LogP contribution >= 0.6 is 0 Å². The number of hydroxylamine groups is 2. The molecular formula is C16H22N2O4. The summed E-state index contributed by atoms with van der Waals surface area (Å²) in [6.45, 7) is 11.0. The highest BCUT2D eigenvalue weighted by atomic mass is 16.7. The van der Waals surface area contributed by atoms with Crippen molar-refractivity contribution in [2.75, 3.05) is 13.7 Å². The summed E-state index contributed by atoms with van der Waals surface area (Å²) in [7, 11) is 1.37. The summed E-state index contributed by atoms with van der Waals surface area (Å²) >= 11 is 0. The van der Waals surface area contributed by atoms with E-state index in [0.717, 1.165) is 22.0 Å². The van der Waals surface area contributed by atoms with Gasteiger partial charge in [-0.1, -0.05) is 26.5 Å². The molecule has 6 nitrogen and oxygen atoms in total. The summed E-state index contributed by atoms with van der Waals surface area (Å²) in [5.74, 6) is -1.61. The largest absolute Gasteiger partial charge is 0.479 e. The average Bonchev–Trinajstić information content (AvgIpc) is 2.62. The maximum Gasteiger partial charge on any atom is 0.332 e. The Morgan fingerprint density at radius 2 is 2.00 bits per heavy atom. The zero-order valence-electron chi connectivity index (χ0n) is 13.6. The lowest BCUT2D eigenvalue weighted by molar-refractivity contribution is -0.182. The Morgan fingerprint density at radius 3 is 2.41 bits per heavy atom. The van der Waals surface area contributed by atoms with Crippen LogP contribution < -0.4 is 0 Å². The molecular weight excluding hydrogens is 284 g/mol. The van der Waals surface area contributed by atoms with Crippen LogP contribution in [-0.2, 0) is 14.4 Å². The van der Waals surface area contributed by atoms with Gasteiger partial charge in [0.15, 0.2) is 6.61 Å². The molecule has 0 fully saturated rings. The third-order valence-corrected chi connectivity index (χ3v) is 3.74. The van der Waals surface area contributed by atoms with Crippen LogP contribution in [0.3, 0.4) is 0 Å². The second-order valence-corrected chi connectivity index (χ2v) is 5.59. The second-order valence-electron chi connectivity index (χ2n) is 5.59. The van der Waals surface area contributed by atoms with Gasteiger partial charge in [0.25, 0.3) is 5.91 Å². The van der Waals surface area contributed by atoms with Crippen molar-refractivity contribution in [3.8, 4) is 0 Å². The minimum absolute atomic E-state index is 0.265. The second kappa shape index (κ2) is 6.70. The minimum atomic E-state index is -1.15. The summed E-state index contributed by atoms with van der Waals surface area (Å²) in [6, 6.07) is 0. The maximum atomic E-state index is 12.3. The van der Waals surface area contributed by atoms with E-state index in [4.69, 9.17) is 9.94 Å². The number of amides is 1. The highest BCUT2D eigenvalue weighted by molar-refractivity contribution is 5.98. The van der Waals surface area contributed by atoms with E-state index in [-0.39, 0.29) is 5.41 Å². The number of hydrogen-bond donors (Lipinski definition) is 1. The minimum Gasteiger partial charge on any atom is -0.479 e. The number of carboxylic acids is 1. The van der Waals surface area contributed by atoms with E-state index in [9.17, 15) is 9.59 Å². The van der Waals surface area contributed by atoms with E-state index in [2.05, 4.69) is 11.6 Å². The van der Waals surface area contributed by atoms with Gasteiger partial charge >= 0.3 is 5.97 Å². The number of hydrogen-bond acceptors (Lipinski definition) is 4. The number of aliphatic imine (C=N–C) groups is 1. The molecule has 0 aromatic rings. The van der Waals surface area contributed by atoms with Crippen molar-refractivity contribution in [3.63, 3.8) is 0 Å². The van der Waals surface area contributed by atoms with Crippen LogP contribution in [0.2, 0.25) is 0 Å². The highest BCUT2D eigenvalue weighted by Gasteiger charge is 2.32. The number of rotatable bonds is 6. The molecule has 0 saturated carbocycles. The molecule has 0 atom stereocenters. The molecule has 0 radical (unpaired) electrons. The first-order valence-corrected chi connectivity index (χ1v) is 6.85. The monoisotopic (exact) mass is 306 g/mol. The Bertz CT molecular complexity index is 597. The fourth-order valence-corrected chi connectivity index (χ4v) is 2.14. The summed E-state index contributed by atoms with van der Waals surface area (Å²) < 4.78 is 0. The van der Waals surface area contributed by atoms with Gasteiger partial charge in [-0.05, 0) is 25.5 Å². The van der Waals surface area contributed by atoms with Crippen LogP contribution in [0.25, 0.3) is 0 Å². The van der Waals surface area contributed by atoms with Crippen LogP contribution in [0.15, 0.2) is 40.6 Å². The summed E-state index contributed by atoms with van der Waals surface area (Å²) in [4.78, 5) is 32.1. The van der Waals surface area contributed by atoms with Gasteiger partial charge in [0.05, 0.1) is 0 Å². The molecule has 1 rings (SSSR count). The van der Waals surface area contributed by atoms with Crippen LogP contribution in [0, 0.1) is 5.41 Å². The molecule has 1 N–H and O–H groups in total. The normalized spacial score (nSPS) is 17.3. The fraction of sp³-hybridized carbons (Fsp3) is 0.438. The van der Waals surface area contributed by atoms with Crippen molar-refractivity contribution in [2.45, 2.75) is 27.7 Å². The molecule has 1 heterocycles. The first kappa shape index (κ1) is 17.8. The van der Waals surface area contributed by atoms with E-state index < -0.39 is 18.5 Å². The number of aliphatic carboxylic acids is 1. The number of likely N-dealkylation sites (N-methyl/N-ethyl adjacent to an activating group) is 1. The molecule has 1 amide bonds. The molecule has 1 aliphatic rings. The fourth-order valence-electron chi connectivity index (χ4n) is 2.14. The zero-order chi connectivity index (χ0) is 17.1. The standard InChI is InChI=1S/C16H22N2O4/c1-7-12(15(21)18(6)22-9-14(19)20)8-13-10(2)17-11(3)16(13,4)5/h7-8H,1,9H2,2-6H3,(H,19,20)/b12-8+. The number of carbonyl (C=O) groups is 2. The van der Waals surface area contributed by atoms with Gasteiger partial charge in [0.2, 0.25) is 0 Å². The van der Waals surface area contributed by atoms with E-state index in [0.29, 0.717) is 5.57 Å². The lowest BCUT2D eigenvalue weighted by atomic mass is 9.80. The molecule has 0 aromatic carbocycles. The summed E-state index contributed by atoms with van der Waals surface area (Å²) in [6.07, 6.45) is 3.15. The van der Waals surface area contributed by atoms with Gasteiger partial charge in [-0.2, -0.15) is 0 Å². The Hall–Kier alpha value is -2.21. The number of allylic oxidation sites excluding steroid dienone is 3. The lowest BCUT2D eigenvalue weighted by Gasteiger charge is -2.22. The third-order valence-electron chi connectivity index (χ3n) is 3.74. The van der Waals surface area contributed by atoms with Crippen molar-refractivity contribution < 1.29 is 19.5 Å². The maximum absolute atomic E-state index is 12.3. The van der Waals surface area contributed by atoms with Crippen molar-refractivity contribution in [3.05, 3.63) is 35.6 Å². The van der Waals surface area contributed by atoms with Gasteiger partial charge in [0.1, 0.15) is 0 Å². The Labute approximate surface area is 130 Å². The van der Waals surface area contributed by atoms with Gasteiger partial charge in [-0.25, -0.2) is 9.86 Å². The molecule has 0 saturated heterocycles. The number of nitrogens with zero attached hydrogens (tertiary/aromatic N) is 2. The highest BCUT2D eigenvalue weighted by Crippen LogP contribution is 2.38. The van der Waals surface area contributed by atoms with Crippen LogP contribution in [-0.4, -0.2) is 41.4 Å². The first-order chi connectivity index (χ1) is 10.1. The molecule has 0 spiro atoms. The summed E-state index contributed by atoms with van der Waals surface area (Å²) in [5.41, 5.74) is 2.81. The molecule has 1 aliphatic heterocycles. The van der Waals surface area contributed by atoms with Gasteiger partial charge in [-0.15, -0.1) is 0 Å². The Kier molecular flexibility index (Phi) is 5.43. The van der Waals surface area contributed by atoms with E-state index in [1.807, 2.05) is 27.7 Å². The van der Waals surface area contributed by atoms with Crippen LogP contribution in [0.1, 0.15) is 27.7 Å². The molecule has 0 aliphatic carbocycles. The van der Waals surface area contributed by atoms with Crippen molar-refractivity contribution in [1.82, 2.24) is 5.06 Å². The molecule has 0 aromatic heterocycles. The quantitative estimate of drug-likeness (QED) is 0.464. The smallest absolute Gasteiger partial charge is 0.332 e. The van der Waals surface area contributed by atoms with Crippen LogP contribution in [0.5, 0.6) is 0 Å². The predicted molar refractivity (Wildman–Crippen MR) is 84.2 cm³/mol. The molecule has 120 valence electrons. The molecule has 0 bridgehead atoms. The molecule has 6 heteroatoms. The predicted octanol–water partition coefficient (Wildman–Crippen LogP) is 2.35. The summed E-state index contributed by atoms with van der Waals surface area (Å²) in [5, 5.41) is 9.48. The van der Waals surface area contributed by atoms with Gasteiger partial charge in [0, 0.05) is 29.4 Å². The Morgan fingerprint density at radius 1 is 1.41 bits per heavy atom. The third kappa shape index (κ3) is 3.71. The average molecular weight is 306 g/mol. The zero-order valence-corrected chi connectivity index (χ0v) is 13.6. The Balaban J connectivity index is 3.02.